The number of hydrogen-bond donors (Lipinski definition) is 2. The highest BCUT2D eigenvalue weighted by molar-refractivity contribution is 6.04. The normalized spacial score (nSPS) is 14.9. The molecule has 150 valence electrons. The molecule has 0 atom stereocenters. The number of para-hydroxylation sites is 2. The minimum Gasteiger partial charge on any atom is -0.320 e. The van der Waals surface area contributed by atoms with Crippen molar-refractivity contribution >= 4 is 11.6 Å². The Kier molecular flexibility index (Phi) is 5.62. The lowest BCUT2D eigenvalue weighted by molar-refractivity contribution is 0.1000. The van der Waals surface area contributed by atoms with Crippen LogP contribution in [0.2, 0.25) is 0 Å². The topological polar surface area (TPSA) is 71.8 Å². The number of carbonyl (C=O) groups is 1. The molecule has 1 aliphatic heterocycles. The van der Waals surface area contributed by atoms with Crippen LogP contribution in [0.3, 0.4) is 0 Å². The Morgan fingerprint density at radius 3 is 2.48 bits per heavy atom. The van der Waals surface area contributed by atoms with E-state index in [4.69, 9.17) is 0 Å². The van der Waals surface area contributed by atoms with E-state index in [1.54, 1.807) is 36.4 Å². The van der Waals surface area contributed by atoms with Crippen molar-refractivity contribution < 1.29 is 13.6 Å². The first-order valence-corrected chi connectivity index (χ1v) is 9.55. The maximum absolute atomic E-state index is 13.8. The lowest BCUT2D eigenvalue weighted by atomic mass is 9.89. The molecule has 1 amide bonds. The summed E-state index contributed by atoms with van der Waals surface area (Å²) in [4.78, 5) is 12.8. The SMILES string of the molecule is O=C(Nc1ccccc1C1CCNCC1)c1nnn(-c2ccccc2)c1C(F)F. The lowest BCUT2D eigenvalue weighted by Crippen LogP contribution is -2.27. The highest BCUT2D eigenvalue weighted by atomic mass is 19.3. The van der Waals surface area contributed by atoms with E-state index in [0.717, 1.165) is 36.2 Å². The molecule has 4 rings (SSSR count). The van der Waals surface area contributed by atoms with Gasteiger partial charge in [-0.15, -0.1) is 5.10 Å². The predicted octanol–water partition coefficient (Wildman–Crippen LogP) is 3.92. The van der Waals surface area contributed by atoms with Gasteiger partial charge >= 0.3 is 0 Å². The molecule has 0 spiro atoms. The number of nitrogens with one attached hydrogen (secondary N) is 2. The molecule has 6 nitrogen and oxygen atoms in total. The second-order valence-corrected chi connectivity index (χ2v) is 6.94. The fourth-order valence-corrected chi connectivity index (χ4v) is 3.69. The number of amides is 1. The van der Waals surface area contributed by atoms with Gasteiger partial charge in [-0.25, -0.2) is 13.5 Å². The maximum atomic E-state index is 13.8. The van der Waals surface area contributed by atoms with Gasteiger partial charge in [0.05, 0.1) is 5.69 Å². The van der Waals surface area contributed by atoms with E-state index >= 15 is 0 Å². The summed E-state index contributed by atoms with van der Waals surface area (Å²) < 4.78 is 28.6. The van der Waals surface area contributed by atoms with E-state index in [1.165, 1.54) is 0 Å². The van der Waals surface area contributed by atoms with Crippen LogP contribution in [0.1, 0.15) is 46.9 Å². The van der Waals surface area contributed by atoms with E-state index in [1.807, 2.05) is 18.2 Å². The summed E-state index contributed by atoms with van der Waals surface area (Å²) in [7, 11) is 0. The Morgan fingerprint density at radius 1 is 1.07 bits per heavy atom. The average molecular weight is 397 g/mol. The molecule has 1 fully saturated rings. The summed E-state index contributed by atoms with van der Waals surface area (Å²) in [5.41, 5.74) is 1.16. The largest absolute Gasteiger partial charge is 0.320 e. The molecule has 0 radical (unpaired) electrons. The van der Waals surface area contributed by atoms with Crippen molar-refractivity contribution in [2.45, 2.75) is 25.2 Å². The number of hydrogen-bond acceptors (Lipinski definition) is 4. The fourth-order valence-electron chi connectivity index (χ4n) is 3.69. The van der Waals surface area contributed by atoms with Gasteiger partial charge in [0.15, 0.2) is 5.69 Å². The van der Waals surface area contributed by atoms with Crippen LogP contribution in [0.25, 0.3) is 5.69 Å². The van der Waals surface area contributed by atoms with Gasteiger partial charge in [0.25, 0.3) is 12.3 Å². The van der Waals surface area contributed by atoms with E-state index in [0.29, 0.717) is 17.3 Å². The molecule has 3 aromatic rings. The van der Waals surface area contributed by atoms with Gasteiger partial charge in [-0.05, 0) is 55.6 Å². The fraction of sp³-hybridized carbons (Fsp3) is 0.286. The Hall–Kier alpha value is -3.13. The Bertz CT molecular complexity index is 984. The van der Waals surface area contributed by atoms with E-state index in [-0.39, 0.29) is 5.69 Å². The van der Waals surface area contributed by atoms with Crippen LogP contribution >= 0.6 is 0 Å². The molecule has 0 unspecified atom stereocenters. The highest BCUT2D eigenvalue weighted by Crippen LogP contribution is 2.32. The minimum atomic E-state index is -2.90. The average Bonchev–Trinajstić information content (AvgIpc) is 3.21. The van der Waals surface area contributed by atoms with Gasteiger partial charge < -0.3 is 10.6 Å². The molecule has 8 heteroatoms. The number of alkyl halides is 2. The number of rotatable bonds is 5. The summed E-state index contributed by atoms with van der Waals surface area (Å²) >= 11 is 0. The summed E-state index contributed by atoms with van der Waals surface area (Å²) in [6.07, 6.45) is -0.982. The van der Waals surface area contributed by atoms with Crippen LogP contribution in [-0.2, 0) is 0 Å². The molecular weight excluding hydrogens is 376 g/mol. The number of aromatic nitrogens is 3. The van der Waals surface area contributed by atoms with E-state index < -0.39 is 18.0 Å². The van der Waals surface area contributed by atoms with Crippen molar-refractivity contribution in [2.24, 2.45) is 0 Å². The lowest BCUT2D eigenvalue weighted by Gasteiger charge is -2.25. The predicted molar refractivity (Wildman–Crippen MR) is 106 cm³/mol. The zero-order valence-electron chi connectivity index (χ0n) is 15.7. The third-order valence-electron chi connectivity index (χ3n) is 5.12. The van der Waals surface area contributed by atoms with Crippen LogP contribution in [0, 0.1) is 0 Å². The molecule has 2 aromatic carbocycles. The molecule has 29 heavy (non-hydrogen) atoms. The molecule has 1 aliphatic rings. The third kappa shape index (κ3) is 4.02. The van der Waals surface area contributed by atoms with Crippen molar-refractivity contribution in [3.63, 3.8) is 0 Å². The Morgan fingerprint density at radius 2 is 1.76 bits per heavy atom. The minimum absolute atomic E-state index is 0.308. The number of benzene rings is 2. The zero-order valence-corrected chi connectivity index (χ0v) is 15.7. The van der Waals surface area contributed by atoms with Crippen molar-refractivity contribution in [2.75, 3.05) is 18.4 Å². The van der Waals surface area contributed by atoms with Crippen molar-refractivity contribution in [3.05, 3.63) is 71.5 Å². The molecule has 1 saturated heterocycles. The maximum Gasteiger partial charge on any atom is 0.282 e. The van der Waals surface area contributed by atoms with Crippen LogP contribution < -0.4 is 10.6 Å². The van der Waals surface area contributed by atoms with Crippen LogP contribution in [0.5, 0.6) is 0 Å². The molecule has 1 aromatic heterocycles. The Labute approximate surface area is 166 Å². The molecule has 2 N–H and O–H groups in total. The number of carbonyl (C=O) groups excluding carboxylic acids is 1. The second kappa shape index (κ2) is 8.48. The van der Waals surface area contributed by atoms with Gasteiger partial charge in [0, 0.05) is 5.69 Å². The first-order chi connectivity index (χ1) is 14.1. The second-order valence-electron chi connectivity index (χ2n) is 6.94. The molecular formula is C21H21F2N5O. The van der Waals surface area contributed by atoms with E-state index in [9.17, 15) is 13.6 Å². The first kappa shape index (κ1) is 19.2. The van der Waals surface area contributed by atoms with Gasteiger partial charge in [-0.2, -0.15) is 0 Å². The van der Waals surface area contributed by atoms with Crippen molar-refractivity contribution in [1.29, 1.82) is 0 Å². The summed E-state index contributed by atoms with van der Waals surface area (Å²) in [6, 6.07) is 16.0. The van der Waals surface area contributed by atoms with Crippen molar-refractivity contribution in [3.8, 4) is 5.69 Å². The van der Waals surface area contributed by atoms with Gasteiger partial charge in [-0.3, -0.25) is 4.79 Å². The number of halogens is 2. The van der Waals surface area contributed by atoms with Crippen LogP contribution in [0.15, 0.2) is 54.6 Å². The number of nitrogens with zero attached hydrogens (tertiary/aromatic N) is 3. The van der Waals surface area contributed by atoms with Crippen LogP contribution in [0.4, 0.5) is 14.5 Å². The molecule has 2 heterocycles. The van der Waals surface area contributed by atoms with Gasteiger partial charge in [0.2, 0.25) is 0 Å². The first-order valence-electron chi connectivity index (χ1n) is 9.55. The molecule has 0 bridgehead atoms. The van der Waals surface area contributed by atoms with Crippen LogP contribution in [-0.4, -0.2) is 34.0 Å². The van der Waals surface area contributed by atoms with Gasteiger partial charge in [-0.1, -0.05) is 41.6 Å². The number of piperidine rings is 1. The smallest absolute Gasteiger partial charge is 0.282 e. The molecule has 0 aliphatic carbocycles. The third-order valence-corrected chi connectivity index (χ3v) is 5.12. The highest BCUT2D eigenvalue weighted by Gasteiger charge is 2.28. The number of anilines is 1. The quantitative estimate of drug-likeness (QED) is 0.684. The summed E-state index contributed by atoms with van der Waals surface area (Å²) in [6.45, 7) is 1.82. The Balaban J connectivity index is 1.64. The monoisotopic (exact) mass is 397 g/mol. The summed E-state index contributed by atoms with van der Waals surface area (Å²) in [5, 5.41) is 13.7. The van der Waals surface area contributed by atoms with Gasteiger partial charge in [0.1, 0.15) is 5.69 Å². The standard InChI is InChI=1S/C21H21F2N5O/c22-20(23)19-18(26-27-28(19)15-6-2-1-3-7-15)21(29)25-17-9-5-4-8-16(17)14-10-12-24-13-11-14/h1-9,14,20,24H,10-13H2,(H,25,29). The van der Waals surface area contributed by atoms with E-state index in [2.05, 4.69) is 20.9 Å². The zero-order chi connectivity index (χ0) is 20.2. The summed E-state index contributed by atoms with van der Waals surface area (Å²) in [5.74, 6) is -0.383. The molecule has 0 saturated carbocycles. The van der Waals surface area contributed by atoms with Crippen molar-refractivity contribution in [1.82, 2.24) is 20.3 Å².